The number of hydrogen-bond acceptors (Lipinski definition) is 10. The topological polar surface area (TPSA) is 170 Å². The molecule has 2 fully saturated rings. The normalized spacial score (nSPS) is 27.9. The monoisotopic (exact) mass is 645 g/mol. The van der Waals surface area contributed by atoms with Gasteiger partial charge in [-0.25, -0.2) is 8.98 Å². The molecule has 4 atom stereocenters. The minimum absolute atomic E-state index is 0.0157. The Morgan fingerprint density at radius 3 is 2.21 bits per heavy atom. The first-order valence-electron chi connectivity index (χ1n) is 14.1. The predicted molar refractivity (Wildman–Crippen MR) is 165 cm³/mol. The minimum Gasteiger partial charge on any atom is -0.414 e. The van der Waals surface area contributed by atoms with Gasteiger partial charge in [0.1, 0.15) is 17.1 Å². The number of H-pyrrole nitrogens is 1. The highest BCUT2D eigenvalue weighted by molar-refractivity contribution is 7.92. The zero-order chi connectivity index (χ0) is 32.3. The number of nitrogens with one attached hydrogen (secondary N) is 2. The Bertz CT molecular complexity index is 1470. The van der Waals surface area contributed by atoms with E-state index in [-0.39, 0.29) is 45.9 Å². The molecule has 0 aliphatic carbocycles. The van der Waals surface area contributed by atoms with E-state index in [2.05, 4.69) is 25.8 Å². The number of aromatic nitrogens is 2. The van der Waals surface area contributed by atoms with Crippen LogP contribution in [0, 0.1) is 12.3 Å². The molecule has 1 spiro atoms. The molecule has 2 aliphatic rings. The molecule has 0 saturated carbocycles. The van der Waals surface area contributed by atoms with Crippen LogP contribution in [0.1, 0.15) is 59.8 Å². The van der Waals surface area contributed by atoms with Gasteiger partial charge in [-0.2, -0.15) is 8.42 Å². The zero-order valence-electron chi connectivity index (χ0n) is 26.6. The summed E-state index contributed by atoms with van der Waals surface area (Å²) in [7, 11) is -9.65. The number of aliphatic hydroxyl groups is 1. The number of aryl methyl sites for hydroxylation is 1. The number of rotatable bonds is 8. The SMILES string of the molecule is Cc1cn([C@@H]2O[C@H](CO[Si](C)(C)C(C)(C)C)[C@@]3(OS(=O)(=O)/C(=C/CCO)C3=N)[C@H]2O[Si](C)(C)C(C)(C)C)c(=O)[nH]c1=O. The number of aromatic amines is 1. The van der Waals surface area contributed by atoms with Crippen molar-refractivity contribution in [2.75, 3.05) is 13.2 Å². The molecule has 15 heteroatoms. The van der Waals surface area contributed by atoms with Crippen molar-refractivity contribution < 1.29 is 31.3 Å². The molecular weight excluding hydrogens is 599 g/mol. The van der Waals surface area contributed by atoms with Gasteiger partial charge in [-0.15, -0.1) is 0 Å². The fourth-order valence-corrected chi connectivity index (χ4v) is 8.17. The van der Waals surface area contributed by atoms with Crippen molar-refractivity contribution in [1.29, 1.82) is 5.41 Å². The highest BCUT2D eigenvalue weighted by Crippen LogP contribution is 2.52. The lowest BCUT2D eigenvalue weighted by Crippen LogP contribution is -2.60. The van der Waals surface area contributed by atoms with Crippen molar-refractivity contribution in [3.63, 3.8) is 0 Å². The Morgan fingerprint density at radius 2 is 1.69 bits per heavy atom. The van der Waals surface area contributed by atoms with Crippen LogP contribution in [0.3, 0.4) is 0 Å². The number of aliphatic hydroxyl groups excluding tert-OH is 1. The van der Waals surface area contributed by atoms with Gasteiger partial charge in [0.25, 0.3) is 15.7 Å². The number of ether oxygens (including phenoxy) is 1. The smallest absolute Gasteiger partial charge is 0.330 e. The average Bonchev–Trinajstić information content (AvgIpc) is 3.21. The maximum atomic E-state index is 13.5. The molecule has 238 valence electrons. The first kappa shape index (κ1) is 34.8. The van der Waals surface area contributed by atoms with Crippen molar-refractivity contribution in [1.82, 2.24) is 9.55 Å². The quantitative estimate of drug-likeness (QED) is 0.283. The molecular formula is C27H47N3O9SSi2. The lowest BCUT2D eigenvalue weighted by molar-refractivity contribution is -0.0528. The van der Waals surface area contributed by atoms with Crippen LogP contribution >= 0.6 is 0 Å². The molecule has 2 aliphatic heterocycles. The second-order valence-corrected chi connectivity index (χ2v) is 25.2. The first-order chi connectivity index (χ1) is 18.9. The molecule has 1 aromatic rings. The van der Waals surface area contributed by atoms with Gasteiger partial charge in [0, 0.05) is 18.4 Å². The summed E-state index contributed by atoms with van der Waals surface area (Å²) in [4.78, 5) is 27.3. The van der Waals surface area contributed by atoms with Crippen molar-refractivity contribution in [3.8, 4) is 0 Å². The summed E-state index contributed by atoms with van der Waals surface area (Å²) in [5.74, 6) is 0. The van der Waals surface area contributed by atoms with Crippen molar-refractivity contribution in [3.05, 3.63) is 43.6 Å². The van der Waals surface area contributed by atoms with Gasteiger partial charge in [-0.1, -0.05) is 47.6 Å². The summed E-state index contributed by atoms with van der Waals surface area (Å²) in [5, 5.41) is 18.1. The highest BCUT2D eigenvalue weighted by Gasteiger charge is 2.70. The molecule has 0 unspecified atom stereocenters. The Hall–Kier alpha value is -1.73. The van der Waals surface area contributed by atoms with Gasteiger partial charge < -0.3 is 24.1 Å². The van der Waals surface area contributed by atoms with E-state index in [1.807, 2.05) is 47.0 Å². The van der Waals surface area contributed by atoms with Gasteiger partial charge in [-0.05, 0) is 49.6 Å². The van der Waals surface area contributed by atoms with E-state index in [1.165, 1.54) is 23.8 Å². The van der Waals surface area contributed by atoms with Crippen molar-refractivity contribution in [2.24, 2.45) is 0 Å². The van der Waals surface area contributed by atoms with E-state index in [9.17, 15) is 28.5 Å². The fraction of sp³-hybridized carbons (Fsp3) is 0.741. The second-order valence-electron chi connectivity index (χ2n) is 14.2. The molecule has 12 nitrogen and oxygen atoms in total. The zero-order valence-corrected chi connectivity index (χ0v) is 29.4. The molecule has 42 heavy (non-hydrogen) atoms. The van der Waals surface area contributed by atoms with Crippen molar-refractivity contribution >= 4 is 32.5 Å². The Morgan fingerprint density at radius 1 is 1.12 bits per heavy atom. The van der Waals surface area contributed by atoms with Crippen LogP contribution in [0.4, 0.5) is 0 Å². The van der Waals surface area contributed by atoms with Crippen LogP contribution in [0.15, 0.2) is 26.8 Å². The van der Waals surface area contributed by atoms with Crippen LogP contribution in [0.5, 0.6) is 0 Å². The Labute approximate surface area is 250 Å². The summed E-state index contributed by atoms with van der Waals surface area (Å²) < 4.78 is 53.9. The second kappa shape index (κ2) is 11.3. The summed E-state index contributed by atoms with van der Waals surface area (Å²) in [6.07, 6.45) is -1.13. The number of hydrogen-bond donors (Lipinski definition) is 3. The van der Waals surface area contributed by atoms with Gasteiger partial charge in [0.05, 0.1) is 12.3 Å². The fourth-order valence-electron chi connectivity index (χ4n) is 4.42. The molecule has 2 saturated heterocycles. The van der Waals surface area contributed by atoms with Gasteiger partial charge in [-0.3, -0.25) is 14.3 Å². The van der Waals surface area contributed by atoms with E-state index in [1.54, 1.807) is 0 Å². The molecule has 0 bridgehead atoms. The molecule has 0 aromatic carbocycles. The first-order valence-corrected chi connectivity index (χ1v) is 21.3. The van der Waals surface area contributed by atoms with Crippen LogP contribution in [-0.4, -0.2) is 76.4 Å². The maximum absolute atomic E-state index is 13.5. The van der Waals surface area contributed by atoms with E-state index in [0.29, 0.717) is 0 Å². The maximum Gasteiger partial charge on any atom is 0.330 e. The summed E-state index contributed by atoms with van der Waals surface area (Å²) in [5.41, 5.74) is -3.50. The van der Waals surface area contributed by atoms with E-state index < -0.39 is 62.0 Å². The Balaban J connectivity index is 2.33. The third-order valence-electron chi connectivity index (χ3n) is 9.13. The lowest BCUT2D eigenvalue weighted by Gasteiger charge is -2.43. The number of nitrogens with zero attached hydrogens (tertiary/aromatic N) is 1. The van der Waals surface area contributed by atoms with Crippen molar-refractivity contribution in [2.45, 2.75) is 115 Å². The summed E-state index contributed by atoms with van der Waals surface area (Å²) >= 11 is 0. The van der Waals surface area contributed by atoms with Crippen LogP contribution in [-0.2, 0) is 27.9 Å². The molecule has 3 N–H and O–H groups in total. The van der Waals surface area contributed by atoms with Crippen LogP contribution in [0.2, 0.25) is 36.3 Å². The highest BCUT2D eigenvalue weighted by atomic mass is 32.2. The molecule has 3 rings (SSSR count). The molecule has 3 heterocycles. The van der Waals surface area contributed by atoms with E-state index in [4.69, 9.17) is 17.8 Å². The van der Waals surface area contributed by atoms with E-state index in [0.717, 1.165) is 0 Å². The average molecular weight is 646 g/mol. The standard InChI is InChI=1S/C27H47N3O9SSi2/c1-17-15-30(24(33)29-22(17)32)23-21(38-42(10,11)26(5,6)7)27(19(37-23)16-36-41(8,9)25(2,3)4)20(28)18(13-12-14-31)40(34,35)39-27/h13,15,19,21,23,28,31H,12,14,16H2,1-11H3,(H,29,32,33)/b18-13+,28-20?/t19-,21+,23-,27+/m1/s1. The molecule has 1 aromatic heterocycles. The summed E-state index contributed by atoms with van der Waals surface area (Å²) in [6.45, 7) is 21.3. The van der Waals surface area contributed by atoms with Gasteiger partial charge >= 0.3 is 5.69 Å². The summed E-state index contributed by atoms with van der Waals surface area (Å²) in [6, 6.07) is 0. The van der Waals surface area contributed by atoms with E-state index >= 15 is 0 Å². The largest absolute Gasteiger partial charge is 0.414 e. The molecule has 0 radical (unpaired) electrons. The predicted octanol–water partition coefficient (Wildman–Crippen LogP) is 3.54. The van der Waals surface area contributed by atoms with Gasteiger partial charge in [0.2, 0.25) is 0 Å². The van der Waals surface area contributed by atoms with Crippen LogP contribution < -0.4 is 11.2 Å². The van der Waals surface area contributed by atoms with Crippen LogP contribution in [0.25, 0.3) is 0 Å². The molecule has 0 amide bonds. The Kier molecular flexibility index (Phi) is 9.37. The lowest BCUT2D eigenvalue weighted by atomic mass is 9.86. The third-order valence-corrected chi connectivity index (χ3v) is 19.5. The van der Waals surface area contributed by atoms with Gasteiger partial charge in [0.15, 0.2) is 28.5 Å². The minimum atomic E-state index is -4.48. The third kappa shape index (κ3) is 6.11.